The summed E-state index contributed by atoms with van der Waals surface area (Å²) < 4.78 is 15.3. The number of ether oxygens (including phenoxy) is 3. The van der Waals surface area contributed by atoms with Gasteiger partial charge in [-0.05, 0) is 12.8 Å². The van der Waals surface area contributed by atoms with Gasteiger partial charge in [0.2, 0.25) is 0 Å². The molecule has 0 aromatic rings. The number of carbonyl (C=O) groups is 2. The number of methoxy groups -OCH3 is 1. The van der Waals surface area contributed by atoms with E-state index in [1.54, 1.807) is 7.11 Å². The highest BCUT2D eigenvalue weighted by molar-refractivity contribution is 5.81. The van der Waals surface area contributed by atoms with Gasteiger partial charge in [-0.3, -0.25) is 0 Å². The van der Waals surface area contributed by atoms with E-state index in [1.165, 1.54) is 38.5 Å². The van der Waals surface area contributed by atoms with Gasteiger partial charge in [0, 0.05) is 7.11 Å². The average Bonchev–Trinajstić information content (AvgIpc) is 2.69. The summed E-state index contributed by atoms with van der Waals surface area (Å²) in [5, 5.41) is 2.64. The van der Waals surface area contributed by atoms with Gasteiger partial charge < -0.3 is 19.5 Å². The number of amides is 1. The molecule has 0 aromatic heterocycles. The lowest BCUT2D eigenvalue weighted by Crippen LogP contribution is -2.42. The maximum atomic E-state index is 12.4. The van der Waals surface area contributed by atoms with Crippen molar-refractivity contribution in [3.63, 3.8) is 0 Å². The fourth-order valence-electron chi connectivity index (χ4n) is 2.94. The molecule has 1 unspecified atom stereocenters. The van der Waals surface area contributed by atoms with Crippen LogP contribution in [0.5, 0.6) is 0 Å². The Kier molecular flexibility index (Phi) is 19.5. The minimum Gasteiger partial charge on any atom is -0.464 e. The molecule has 6 heteroatoms. The Morgan fingerprint density at radius 3 is 1.89 bits per heavy atom. The Morgan fingerprint density at radius 1 is 0.714 bits per heavy atom. The highest BCUT2D eigenvalue weighted by Gasteiger charge is 2.22. The molecule has 1 atom stereocenters. The summed E-state index contributed by atoms with van der Waals surface area (Å²) in [7, 11) is 1.54. The van der Waals surface area contributed by atoms with Crippen LogP contribution >= 0.6 is 0 Å². The third kappa shape index (κ3) is 16.8. The Bertz CT molecular complexity index is 376. The predicted molar refractivity (Wildman–Crippen MR) is 112 cm³/mol. The van der Waals surface area contributed by atoms with E-state index in [9.17, 15) is 9.59 Å². The van der Waals surface area contributed by atoms with Crippen LogP contribution in [0.15, 0.2) is 0 Å². The van der Waals surface area contributed by atoms with E-state index >= 15 is 0 Å². The molecule has 0 fully saturated rings. The summed E-state index contributed by atoms with van der Waals surface area (Å²) in [6, 6.07) is -0.638. The molecule has 1 amide bonds. The molecule has 0 rings (SSSR count). The molecular formula is C22H43NO5. The summed E-state index contributed by atoms with van der Waals surface area (Å²) in [5.74, 6) is -0.358. The first kappa shape index (κ1) is 26.7. The zero-order valence-electron chi connectivity index (χ0n) is 18.4. The van der Waals surface area contributed by atoms with Crippen LogP contribution in [0.1, 0.15) is 97.3 Å². The molecule has 28 heavy (non-hydrogen) atoms. The lowest BCUT2D eigenvalue weighted by molar-refractivity contribution is -0.146. The molecule has 0 heterocycles. The first-order chi connectivity index (χ1) is 13.7. The molecule has 0 saturated heterocycles. The molecule has 1 N–H and O–H groups in total. The number of unbranched alkanes of at least 4 members (excludes halogenated alkanes) is 10. The maximum Gasteiger partial charge on any atom is 0.407 e. The van der Waals surface area contributed by atoms with Gasteiger partial charge in [0.25, 0.3) is 0 Å². The third-order valence-corrected chi connectivity index (χ3v) is 4.69. The van der Waals surface area contributed by atoms with E-state index in [0.29, 0.717) is 19.6 Å². The highest BCUT2D eigenvalue weighted by atomic mass is 16.6. The van der Waals surface area contributed by atoms with Crippen LogP contribution in [0.25, 0.3) is 0 Å². The first-order valence-corrected chi connectivity index (χ1v) is 11.2. The number of alkyl carbamates (subject to hydrolysis) is 1. The molecule has 0 radical (unpaired) electrons. The van der Waals surface area contributed by atoms with Gasteiger partial charge in [-0.15, -0.1) is 0 Å². The van der Waals surface area contributed by atoms with Crippen LogP contribution in [0.4, 0.5) is 4.79 Å². The summed E-state index contributed by atoms with van der Waals surface area (Å²) in [4.78, 5) is 24.2. The fraction of sp³-hybridized carbons (Fsp3) is 0.909. The number of esters is 1. The topological polar surface area (TPSA) is 73.9 Å². The number of hydrogen-bond donors (Lipinski definition) is 1. The van der Waals surface area contributed by atoms with E-state index < -0.39 is 12.1 Å². The van der Waals surface area contributed by atoms with Crippen molar-refractivity contribution in [3.8, 4) is 0 Å². The highest BCUT2D eigenvalue weighted by Crippen LogP contribution is 2.10. The second-order valence-electron chi connectivity index (χ2n) is 7.32. The summed E-state index contributed by atoms with van der Waals surface area (Å²) in [6.45, 7) is 5.27. The van der Waals surface area contributed by atoms with Gasteiger partial charge in [0.15, 0.2) is 0 Å². The SMILES string of the molecule is CCCCCCCCCCOC(=O)C(CCCCCC)NC(=O)OCCOC. The van der Waals surface area contributed by atoms with Crippen molar-refractivity contribution in [3.05, 3.63) is 0 Å². The maximum absolute atomic E-state index is 12.4. The normalized spacial score (nSPS) is 11.8. The van der Waals surface area contributed by atoms with Crippen molar-refractivity contribution in [1.29, 1.82) is 0 Å². The van der Waals surface area contributed by atoms with Crippen LogP contribution in [0.2, 0.25) is 0 Å². The number of hydrogen-bond acceptors (Lipinski definition) is 5. The summed E-state index contributed by atoms with van der Waals surface area (Å²) in [6.07, 6.45) is 13.7. The van der Waals surface area contributed by atoms with Crippen molar-refractivity contribution in [2.45, 2.75) is 103 Å². The second-order valence-corrected chi connectivity index (χ2v) is 7.32. The molecule has 0 saturated carbocycles. The Morgan fingerprint density at radius 2 is 1.29 bits per heavy atom. The van der Waals surface area contributed by atoms with E-state index in [-0.39, 0.29) is 12.6 Å². The molecule has 166 valence electrons. The standard InChI is InChI=1S/C22H43NO5/c1-4-6-8-10-11-12-13-15-17-27-21(24)20(16-14-9-7-5-2)23-22(25)28-19-18-26-3/h20H,4-19H2,1-3H3,(H,23,25). The Hall–Kier alpha value is -1.30. The van der Waals surface area contributed by atoms with Crippen molar-refractivity contribution in [2.75, 3.05) is 26.9 Å². The average molecular weight is 402 g/mol. The molecule has 0 spiro atoms. The van der Waals surface area contributed by atoms with Gasteiger partial charge in [0.05, 0.1) is 13.2 Å². The lowest BCUT2D eigenvalue weighted by Gasteiger charge is -2.17. The van der Waals surface area contributed by atoms with Gasteiger partial charge in [0.1, 0.15) is 12.6 Å². The molecule has 0 aliphatic carbocycles. The molecule has 6 nitrogen and oxygen atoms in total. The van der Waals surface area contributed by atoms with Crippen LogP contribution in [-0.2, 0) is 19.0 Å². The second kappa shape index (κ2) is 20.4. The molecule has 0 aromatic carbocycles. The number of rotatable bonds is 19. The molecule has 0 bridgehead atoms. The Labute approximate surface area is 172 Å². The van der Waals surface area contributed by atoms with Crippen molar-refractivity contribution >= 4 is 12.1 Å². The van der Waals surface area contributed by atoms with Crippen LogP contribution in [0, 0.1) is 0 Å². The largest absolute Gasteiger partial charge is 0.464 e. The number of nitrogens with one attached hydrogen (secondary N) is 1. The van der Waals surface area contributed by atoms with Crippen LogP contribution < -0.4 is 5.32 Å². The zero-order chi connectivity index (χ0) is 20.9. The van der Waals surface area contributed by atoms with Crippen molar-refractivity contribution in [1.82, 2.24) is 5.32 Å². The minimum absolute atomic E-state index is 0.165. The summed E-state index contributed by atoms with van der Waals surface area (Å²) >= 11 is 0. The van der Waals surface area contributed by atoms with Gasteiger partial charge in [-0.2, -0.15) is 0 Å². The van der Waals surface area contributed by atoms with Crippen molar-refractivity contribution < 1.29 is 23.8 Å². The molecule has 0 aliphatic heterocycles. The van der Waals surface area contributed by atoms with Gasteiger partial charge >= 0.3 is 12.1 Å². The predicted octanol–water partition coefficient (Wildman–Crippen LogP) is 5.38. The molecule has 0 aliphatic rings. The van der Waals surface area contributed by atoms with Gasteiger partial charge in [-0.1, -0.05) is 84.5 Å². The monoisotopic (exact) mass is 401 g/mol. The van der Waals surface area contributed by atoms with E-state index in [0.717, 1.165) is 38.5 Å². The minimum atomic E-state index is -0.638. The van der Waals surface area contributed by atoms with Crippen molar-refractivity contribution in [2.24, 2.45) is 0 Å². The van der Waals surface area contributed by atoms with Crippen LogP contribution in [-0.4, -0.2) is 45.0 Å². The number of carbonyl (C=O) groups excluding carboxylic acids is 2. The fourth-order valence-corrected chi connectivity index (χ4v) is 2.94. The van der Waals surface area contributed by atoms with Crippen LogP contribution in [0.3, 0.4) is 0 Å². The third-order valence-electron chi connectivity index (χ3n) is 4.69. The smallest absolute Gasteiger partial charge is 0.407 e. The van der Waals surface area contributed by atoms with E-state index in [1.807, 2.05) is 0 Å². The lowest BCUT2D eigenvalue weighted by atomic mass is 10.1. The Balaban J connectivity index is 4.08. The first-order valence-electron chi connectivity index (χ1n) is 11.2. The quantitative estimate of drug-likeness (QED) is 0.232. The van der Waals surface area contributed by atoms with E-state index in [4.69, 9.17) is 14.2 Å². The van der Waals surface area contributed by atoms with E-state index in [2.05, 4.69) is 19.2 Å². The summed E-state index contributed by atoms with van der Waals surface area (Å²) in [5.41, 5.74) is 0. The zero-order valence-corrected chi connectivity index (χ0v) is 18.4. The van der Waals surface area contributed by atoms with Gasteiger partial charge in [-0.25, -0.2) is 9.59 Å². The molecular weight excluding hydrogens is 358 g/mol.